The molecule has 0 aliphatic rings. The molecule has 0 radical (unpaired) electrons. The zero-order chi connectivity index (χ0) is 8.15. The van der Waals surface area contributed by atoms with E-state index in [4.69, 9.17) is 0 Å². The standard InChI is InChI=1S/C6H8O4/c1-4(7)3-6(9)10-5(2)8/h3H2,1-2H3. The van der Waals surface area contributed by atoms with Crippen LogP contribution >= 0.6 is 0 Å². The Morgan fingerprint density at radius 2 is 1.70 bits per heavy atom. The molecule has 0 unspecified atom stereocenters. The maximum Gasteiger partial charge on any atom is 0.320 e. The van der Waals surface area contributed by atoms with Gasteiger partial charge in [-0.1, -0.05) is 0 Å². The number of ether oxygens (including phenoxy) is 1. The van der Waals surface area contributed by atoms with Crippen LogP contribution in [0.15, 0.2) is 0 Å². The van der Waals surface area contributed by atoms with Gasteiger partial charge >= 0.3 is 11.9 Å². The number of Topliss-reactive ketones (excluding diaryl/α,β-unsaturated/α-hetero) is 1. The molecule has 0 saturated carbocycles. The second-order valence-corrected chi connectivity index (χ2v) is 1.84. The molecule has 0 fully saturated rings. The predicted octanol–water partition coefficient (Wildman–Crippen LogP) is 0.0552. The van der Waals surface area contributed by atoms with Gasteiger partial charge in [-0.05, 0) is 6.92 Å². The summed E-state index contributed by atoms with van der Waals surface area (Å²) in [5.41, 5.74) is 0. The van der Waals surface area contributed by atoms with Crippen LogP contribution in [-0.4, -0.2) is 17.7 Å². The molecule has 56 valence electrons. The van der Waals surface area contributed by atoms with E-state index in [0.717, 1.165) is 6.92 Å². The van der Waals surface area contributed by atoms with Crippen molar-refractivity contribution in [2.75, 3.05) is 0 Å². The number of carbonyl (C=O) groups is 3. The van der Waals surface area contributed by atoms with Gasteiger partial charge in [-0.2, -0.15) is 0 Å². The van der Waals surface area contributed by atoms with Crippen molar-refractivity contribution in [2.45, 2.75) is 20.3 Å². The average molecular weight is 144 g/mol. The summed E-state index contributed by atoms with van der Waals surface area (Å²) in [6, 6.07) is 0. The fraction of sp³-hybridized carbons (Fsp3) is 0.500. The van der Waals surface area contributed by atoms with E-state index in [1.807, 2.05) is 0 Å². The molecular weight excluding hydrogens is 136 g/mol. The maximum absolute atomic E-state index is 10.4. The van der Waals surface area contributed by atoms with Crippen molar-refractivity contribution in [3.63, 3.8) is 0 Å². The van der Waals surface area contributed by atoms with E-state index >= 15 is 0 Å². The van der Waals surface area contributed by atoms with E-state index in [-0.39, 0.29) is 12.2 Å². The summed E-state index contributed by atoms with van der Waals surface area (Å²) >= 11 is 0. The highest BCUT2D eigenvalue weighted by Crippen LogP contribution is 1.87. The normalized spacial score (nSPS) is 8.60. The first kappa shape index (κ1) is 8.81. The minimum Gasteiger partial charge on any atom is -0.393 e. The minimum absolute atomic E-state index is 0.314. The Labute approximate surface area is 58.2 Å². The zero-order valence-electron chi connectivity index (χ0n) is 5.84. The predicted molar refractivity (Wildman–Crippen MR) is 32.1 cm³/mol. The van der Waals surface area contributed by atoms with Crippen LogP contribution in [0.5, 0.6) is 0 Å². The van der Waals surface area contributed by atoms with E-state index in [0.29, 0.717) is 0 Å². The Balaban J connectivity index is 3.65. The summed E-state index contributed by atoms with van der Waals surface area (Å²) in [5.74, 6) is -1.79. The van der Waals surface area contributed by atoms with Crippen molar-refractivity contribution in [3.05, 3.63) is 0 Å². The second-order valence-electron chi connectivity index (χ2n) is 1.84. The van der Waals surface area contributed by atoms with Crippen LogP contribution in [0.25, 0.3) is 0 Å². The van der Waals surface area contributed by atoms with Gasteiger partial charge in [0.2, 0.25) is 0 Å². The van der Waals surface area contributed by atoms with Crippen molar-refractivity contribution in [3.8, 4) is 0 Å². The molecule has 0 aliphatic carbocycles. The van der Waals surface area contributed by atoms with E-state index in [2.05, 4.69) is 4.74 Å². The molecule has 0 aliphatic heterocycles. The molecule has 0 amide bonds. The smallest absolute Gasteiger partial charge is 0.320 e. The molecule has 10 heavy (non-hydrogen) atoms. The Kier molecular flexibility index (Phi) is 3.32. The van der Waals surface area contributed by atoms with E-state index < -0.39 is 11.9 Å². The monoisotopic (exact) mass is 144 g/mol. The van der Waals surface area contributed by atoms with Crippen LogP contribution in [0.4, 0.5) is 0 Å². The van der Waals surface area contributed by atoms with Gasteiger partial charge < -0.3 is 4.74 Å². The Morgan fingerprint density at radius 1 is 1.20 bits per heavy atom. The van der Waals surface area contributed by atoms with E-state index in [9.17, 15) is 14.4 Å². The molecule has 4 nitrogen and oxygen atoms in total. The minimum atomic E-state index is -0.792. The lowest BCUT2D eigenvalue weighted by Crippen LogP contribution is -2.11. The van der Waals surface area contributed by atoms with Crippen molar-refractivity contribution in [1.82, 2.24) is 0 Å². The van der Waals surface area contributed by atoms with Crippen molar-refractivity contribution in [2.24, 2.45) is 0 Å². The Morgan fingerprint density at radius 3 is 2.00 bits per heavy atom. The molecule has 0 spiro atoms. The molecule has 0 atom stereocenters. The van der Waals surface area contributed by atoms with E-state index in [1.165, 1.54) is 6.92 Å². The molecule has 0 heterocycles. The highest BCUT2D eigenvalue weighted by atomic mass is 16.6. The third-order valence-corrected chi connectivity index (χ3v) is 0.651. The topological polar surface area (TPSA) is 60.4 Å². The summed E-state index contributed by atoms with van der Waals surface area (Å²) in [5, 5.41) is 0. The number of hydrogen-bond donors (Lipinski definition) is 0. The van der Waals surface area contributed by atoms with Gasteiger partial charge in [0.25, 0.3) is 0 Å². The molecule has 0 rings (SSSR count). The molecule has 0 saturated heterocycles. The van der Waals surface area contributed by atoms with Crippen LogP contribution in [0.3, 0.4) is 0 Å². The number of esters is 2. The number of hydrogen-bond acceptors (Lipinski definition) is 4. The average Bonchev–Trinajstić information content (AvgIpc) is 1.58. The Hall–Kier alpha value is -1.19. The van der Waals surface area contributed by atoms with Crippen LogP contribution in [0.2, 0.25) is 0 Å². The highest BCUT2D eigenvalue weighted by Gasteiger charge is 2.07. The lowest BCUT2D eigenvalue weighted by Gasteiger charge is -1.94. The second kappa shape index (κ2) is 3.76. The van der Waals surface area contributed by atoms with Crippen molar-refractivity contribution >= 4 is 17.7 Å². The summed E-state index contributed by atoms with van der Waals surface area (Å²) in [7, 11) is 0. The third kappa shape index (κ3) is 4.96. The maximum atomic E-state index is 10.4. The van der Waals surface area contributed by atoms with Crippen molar-refractivity contribution < 1.29 is 19.1 Å². The fourth-order valence-corrected chi connectivity index (χ4v) is 0.400. The first-order chi connectivity index (χ1) is 4.52. The molecule has 4 heteroatoms. The Bertz CT molecular complexity index is 153. The zero-order valence-corrected chi connectivity index (χ0v) is 5.84. The number of carbonyl (C=O) groups excluding carboxylic acids is 3. The first-order valence-electron chi connectivity index (χ1n) is 2.73. The van der Waals surface area contributed by atoms with Gasteiger partial charge in [0.15, 0.2) is 0 Å². The molecule has 0 aromatic rings. The number of rotatable bonds is 2. The van der Waals surface area contributed by atoms with Crippen molar-refractivity contribution in [1.29, 1.82) is 0 Å². The van der Waals surface area contributed by atoms with Crippen LogP contribution < -0.4 is 0 Å². The van der Waals surface area contributed by atoms with Gasteiger partial charge in [0, 0.05) is 6.92 Å². The third-order valence-electron chi connectivity index (χ3n) is 0.651. The van der Waals surface area contributed by atoms with Gasteiger partial charge in [-0.3, -0.25) is 14.4 Å². The fourth-order valence-electron chi connectivity index (χ4n) is 0.400. The van der Waals surface area contributed by atoms with Crippen LogP contribution in [0.1, 0.15) is 20.3 Å². The number of ketones is 1. The molecule has 0 N–H and O–H groups in total. The van der Waals surface area contributed by atoms with Crippen LogP contribution in [-0.2, 0) is 19.1 Å². The van der Waals surface area contributed by atoms with Gasteiger partial charge in [-0.15, -0.1) is 0 Å². The highest BCUT2D eigenvalue weighted by molar-refractivity contribution is 5.97. The quantitative estimate of drug-likeness (QED) is 0.406. The molecular formula is C6H8O4. The SMILES string of the molecule is CC(=O)CC(=O)OC(C)=O. The van der Waals surface area contributed by atoms with Gasteiger partial charge in [-0.25, -0.2) is 0 Å². The lowest BCUT2D eigenvalue weighted by molar-refractivity contribution is -0.158. The lowest BCUT2D eigenvalue weighted by atomic mass is 10.3. The van der Waals surface area contributed by atoms with E-state index in [1.54, 1.807) is 0 Å². The van der Waals surface area contributed by atoms with Gasteiger partial charge in [0.1, 0.15) is 12.2 Å². The summed E-state index contributed by atoms with van der Waals surface area (Å²) in [6.07, 6.45) is -0.334. The first-order valence-corrected chi connectivity index (χ1v) is 2.73. The van der Waals surface area contributed by atoms with Gasteiger partial charge in [0.05, 0.1) is 0 Å². The summed E-state index contributed by atoms with van der Waals surface area (Å²) in [6.45, 7) is 2.36. The molecule has 0 aromatic carbocycles. The largest absolute Gasteiger partial charge is 0.393 e. The molecule has 0 aromatic heterocycles. The summed E-state index contributed by atoms with van der Waals surface area (Å²) < 4.78 is 4.06. The van der Waals surface area contributed by atoms with Crippen LogP contribution in [0, 0.1) is 0 Å². The summed E-state index contributed by atoms with van der Waals surface area (Å²) in [4.78, 5) is 30.7. The molecule has 0 bridgehead atoms.